The van der Waals surface area contributed by atoms with Crippen molar-refractivity contribution in [2.75, 3.05) is 10.2 Å². The number of fused-ring (bicyclic) bond motifs is 2. The van der Waals surface area contributed by atoms with Crippen LogP contribution in [-0.2, 0) is 22.6 Å². The summed E-state index contributed by atoms with van der Waals surface area (Å²) < 4.78 is 48.2. The lowest BCUT2D eigenvalue weighted by Crippen LogP contribution is -2.28. The van der Waals surface area contributed by atoms with Gasteiger partial charge in [-0.2, -0.15) is 13.2 Å². The molecule has 11 heteroatoms. The molecule has 1 aliphatic rings. The number of alkyl halides is 3. The van der Waals surface area contributed by atoms with Crippen molar-refractivity contribution in [3.05, 3.63) is 104 Å². The average molecular weight is 571 g/mol. The number of nitrogens with zero attached hydrogens (tertiary/aromatic N) is 1. The molecular weight excluding hydrogens is 549 g/mol. The molecule has 0 fully saturated rings. The number of benzene rings is 3. The van der Waals surface area contributed by atoms with Gasteiger partial charge in [0.15, 0.2) is 5.43 Å². The summed E-state index contributed by atoms with van der Waals surface area (Å²) in [6.07, 6.45) is -5.32. The Morgan fingerprint density at radius 1 is 1.07 bits per heavy atom. The van der Waals surface area contributed by atoms with E-state index in [0.29, 0.717) is 40.5 Å². The fourth-order valence-corrected chi connectivity index (χ4v) is 4.99. The minimum absolute atomic E-state index is 0.132. The van der Waals surface area contributed by atoms with Crippen LogP contribution in [0.25, 0.3) is 11.0 Å². The normalized spacial score (nSPS) is 13.7. The van der Waals surface area contributed by atoms with Gasteiger partial charge in [-0.05, 0) is 54.8 Å². The van der Waals surface area contributed by atoms with E-state index < -0.39 is 24.2 Å². The highest BCUT2D eigenvalue weighted by atomic mass is 35.5. The summed E-state index contributed by atoms with van der Waals surface area (Å²) in [5.41, 5.74) is 3.29. The highest BCUT2D eigenvalue weighted by Gasteiger charge is 2.42. The van der Waals surface area contributed by atoms with Crippen molar-refractivity contribution < 1.29 is 31.9 Å². The Morgan fingerprint density at radius 2 is 1.82 bits per heavy atom. The third-order valence-electron chi connectivity index (χ3n) is 6.63. The van der Waals surface area contributed by atoms with Crippen molar-refractivity contribution in [3.8, 4) is 0 Å². The molecule has 0 amide bonds. The maximum absolute atomic E-state index is 13.2. The molecule has 1 atom stereocenters. The molecule has 0 saturated heterocycles. The summed E-state index contributed by atoms with van der Waals surface area (Å²) in [4.78, 5) is 38.7. The van der Waals surface area contributed by atoms with Crippen LogP contribution < -0.4 is 15.6 Å². The zero-order valence-corrected chi connectivity index (χ0v) is 22.0. The summed E-state index contributed by atoms with van der Waals surface area (Å²) in [6.45, 7) is 4.53. The molecule has 0 saturated carbocycles. The number of hydrogen-bond donors (Lipinski definition) is 1. The lowest BCUT2D eigenvalue weighted by molar-refractivity contribution is -0.193. The van der Waals surface area contributed by atoms with Crippen LogP contribution in [0.3, 0.4) is 0 Å². The molecule has 0 bridgehead atoms. The quantitative estimate of drug-likeness (QED) is 0.211. The Labute approximate surface area is 231 Å². The van der Waals surface area contributed by atoms with E-state index in [1.165, 1.54) is 24.3 Å². The number of para-hydroxylation sites is 1. The second kappa shape index (κ2) is 10.3. The second-order valence-corrected chi connectivity index (χ2v) is 9.91. The first-order valence-electron chi connectivity index (χ1n) is 12.2. The minimum atomic E-state index is -5.32. The molecule has 1 N–H and O–H groups in total. The predicted octanol–water partition coefficient (Wildman–Crippen LogP) is 6.69. The Kier molecular flexibility index (Phi) is 7.05. The Balaban J connectivity index is 1.49. The number of halogens is 4. The molecule has 2 heterocycles. The molecular formula is C29H22ClF3N2O5. The summed E-state index contributed by atoms with van der Waals surface area (Å²) in [5, 5.41) is 4.07. The lowest BCUT2D eigenvalue weighted by atomic mass is 10.0. The van der Waals surface area contributed by atoms with Gasteiger partial charge in [-0.1, -0.05) is 41.9 Å². The van der Waals surface area contributed by atoms with Crippen LogP contribution in [0.5, 0.6) is 0 Å². The smallest absolute Gasteiger partial charge is 0.440 e. The number of carbonyl (C=O) groups is 2. The number of nitrogens with one attached hydrogen (secondary N) is 1. The first-order valence-corrected chi connectivity index (χ1v) is 12.6. The van der Waals surface area contributed by atoms with Gasteiger partial charge < -0.3 is 19.4 Å². The summed E-state index contributed by atoms with van der Waals surface area (Å²) in [7, 11) is 0. The van der Waals surface area contributed by atoms with E-state index in [1.54, 1.807) is 25.1 Å². The van der Waals surface area contributed by atoms with Crippen LogP contribution in [-0.4, -0.2) is 18.1 Å². The fraction of sp³-hybridized carbons (Fsp3) is 0.207. The largest absolute Gasteiger partial charge is 0.491 e. The molecule has 0 spiro atoms. The van der Waals surface area contributed by atoms with Crippen LogP contribution in [0, 0.1) is 6.92 Å². The first kappa shape index (κ1) is 27.3. The van der Waals surface area contributed by atoms with E-state index in [1.807, 2.05) is 30.0 Å². The Morgan fingerprint density at radius 3 is 2.55 bits per heavy atom. The average Bonchev–Trinajstić information content (AvgIpc) is 3.34. The standard InChI is InChI=1S/C29H22ClF3N2O5/c1-15-10-19(16(2)34-23-9-4-3-7-18(23)27(37)40-28(38)29(31,32)33)26-20(11-15)24(36)12-25(39-26)35-13-17-6-5-8-22(30)21(17)14-35/h3-12,16,34H,13-14H2,1-2H3. The van der Waals surface area contributed by atoms with Gasteiger partial charge >= 0.3 is 18.1 Å². The fourth-order valence-electron chi connectivity index (χ4n) is 4.73. The molecule has 40 heavy (non-hydrogen) atoms. The molecule has 0 aliphatic carbocycles. The number of rotatable bonds is 5. The van der Waals surface area contributed by atoms with E-state index in [0.717, 1.165) is 16.7 Å². The molecule has 1 aliphatic heterocycles. The van der Waals surface area contributed by atoms with Gasteiger partial charge in [0.1, 0.15) is 5.58 Å². The van der Waals surface area contributed by atoms with Crippen molar-refractivity contribution in [1.82, 2.24) is 0 Å². The zero-order valence-electron chi connectivity index (χ0n) is 21.3. The Hall–Kier alpha value is -4.31. The highest BCUT2D eigenvalue weighted by molar-refractivity contribution is 6.31. The van der Waals surface area contributed by atoms with Crippen molar-refractivity contribution in [3.63, 3.8) is 0 Å². The van der Waals surface area contributed by atoms with Crippen molar-refractivity contribution >= 4 is 46.1 Å². The molecule has 1 aromatic heterocycles. The second-order valence-electron chi connectivity index (χ2n) is 9.50. The minimum Gasteiger partial charge on any atom is -0.440 e. The first-order chi connectivity index (χ1) is 18.9. The van der Waals surface area contributed by atoms with Crippen LogP contribution in [0.4, 0.5) is 24.7 Å². The maximum Gasteiger partial charge on any atom is 0.491 e. The van der Waals surface area contributed by atoms with E-state index >= 15 is 0 Å². The van der Waals surface area contributed by atoms with Gasteiger partial charge in [0, 0.05) is 35.4 Å². The third kappa shape index (κ3) is 5.27. The van der Waals surface area contributed by atoms with Crippen LogP contribution in [0.2, 0.25) is 5.02 Å². The van der Waals surface area contributed by atoms with Gasteiger partial charge in [-0.25, -0.2) is 9.59 Å². The molecule has 206 valence electrons. The zero-order chi connectivity index (χ0) is 28.8. The van der Waals surface area contributed by atoms with E-state index in [4.69, 9.17) is 16.0 Å². The lowest BCUT2D eigenvalue weighted by Gasteiger charge is -2.21. The number of aryl methyl sites for hydroxylation is 1. The molecule has 4 aromatic rings. The monoisotopic (exact) mass is 570 g/mol. The van der Waals surface area contributed by atoms with E-state index in [-0.39, 0.29) is 16.7 Å². The molecule has 0 radical (unpaired) electrons. The van der Waals surface area contributed by atoms with Crippen LogP contribution in [0.15, 0.2) is 69.9 Å². The maximum atomic E-state index is 13.2. The van der Waals surface area contributed by atoms with Gasteiger partial charge in [-0.15, -0.1) is 0 Å². The molecule has 5 rings (SSSR count). The number of hydrogen-bond acceptors (Lipinski definition) is 7. The van der Waals surface area contributed by atoms with Crippen LogP contribution in [0.1, 0.15) is 45.6 Å². The summed E-state index contributed by atoms with van der Waals surface area (Å²) >= 11 is 6.36. The predicted molar refractivity (Wildman–Crippen MR) is 144 cm³/mol. The highest BCUT2D eigenvalue weighted by Crippen LogP contribution is 2.35. The van der Waals surface area contributed by atoms with Crippen molar-refractivity contribution in [2.24, 2.45) is 0 Å². The third-order valence-corrected chi connectivity index (χ3v) is 6.98. The van der Waals surface area contributed by atoms with Crippen LogP contribution >= 0.6 is 11.6 Å². The van der Waals surface area contributed by atoms with Gasteiger partial charge in [0.2, 0.25) is 5.88 Å². The van der Waals surface area contributed by atoms with Crippen molar-refractivity contribution in [1.29, 1.82) is 0 Å². The van der Waals surface area contributed by atoms with E-state index in [9.17, 15) is 27.6 Å². The van der Waals surface area contributed by atoms with E-state index in [2.05, 4.69) is 10.1 Å². The number of anilines is 2. The topological polar surface area (TPSA) is 88.8 Å². The molecule has 3 aromatic carbocycles. The van der Waals surface area contributed by atoms with Gasteiger partial charge in [0.05, 0.1) is 17.0 Å². The summed E-state index contributed by atoms with van der Waals surface area (Å²) in [5.74, 6) is -3.70. The SMILES string of the molecule is Cc1cc(C(C)Nc2ccccc2C(=O)OC(=O)C(F)(F)F)c2oc(N3Cc4cccc(Cl)c4C3)cc(=O)c2c1. The number of ether oxygens (including phenoxy) is 1. The Bertz CT molecular complexity index is 1720. The molecule has 1 unspecified atom stereocenters. The number of carbonyl (C=O) groups excluding carboxylic acids is 2. The summed E-state index contributed by atoms with van der Waals surface area (Å²) in [6, 6.07) is 15.7. The van der Waals surface area contributed by atoms with Crippen molar-refractivity contribution in [2.45, 2.75) is 39.2 Å². The molecule has 7 nitrogen and oxygen atoms in total. The van der Waals surface area contributed by atoms with Gasteiger partial charge in [-0.3, -0.25) is 4.79 Å². The van der Waals surface area contributed by atoms with Gasteiger partial charge in [0.25, 0.3) is 0 Å². The number of esters is 2.